The maximum absolute atomic E-state index is 12.6. The van der Waals surface area contributed by atoms with Gasteiger partial charge < -0.3 is 15.2 Å². The first-order valence-electron chi connectivity index (χ1n) is 10.6. The van der Waals surface area contributed by atoms with Gasteiger partial charge >= 0.3 is 0 Å². The lowest BCUT2D eigenvalue weighted by atomic mass is 9.95. The third-order valence-corrected chi connectivity index (χ3v) is 6.46. The minimum absolute atomic E-state index is 0.0363. The summed E-state index contributed by atoms with van der Waals surface area (Å²) in [6.45, 7) is 4.07. The molecule has 30 heavy (non-hydrogen) atoms. The van der Waals surface area contributed by atoms with Crippen LogP contribution in [0.15, 0.2) is 35.5 Å². The molecule has 3 rings (SSSR count). The van der Waals surface area contributed by atoms with Crippen molar-refractivity contribution in [1.82, 2.24) is 25.4 Å². The molecule has 1 aliphatic carbocycles. The first-order chi connectivity index (χ1) is 14.5. The van der Waals surface area contributed by atoms with Crippen LogP contribution >= 0.6 is 11.8 Å². The second-order valence-electron chi connectivity index (χ2n) is 8.15. The molecule has 0 saturated heterocycles. The van der Waals surface area contributed by atoms with Gasteiger partial charge in [-0.15, -0.1) is 10.2 Å². The van der Waals surface area contributed by atoms with Crippen molar-refractivity contribution in [2.45, 2.75) is 63.2 Å². The van der Waals surface area contributed by atoms with E-state index in [4.69, 9.17) is 0 Å². The van der Waals surface area contributed by atoms with Gasteiger partial charge in [0.05, 0.1) is 11.8 Å². The Morgan fingerprint density at radius 2 is 1.83 bits per heavy atom. The number of aromatic nitrogens is 3. The van der Waals surface area contributed by atoms with Crippen molar-refractivity contribution in [2.75, 3.05) is 5.75 Å². The second-order valence-corrected chi connectivity index (χ2v) is 9.09. The van der Waals surface area contributed by atoms with Crippen molar-refractivity contribution in [1.29, 1.82) is 0 Å². The predicted octanol–water partition coefficient (Wildman–Crippen LogP) is 3.48. The summed E-state index contributed by atoms with van der Waals surface area (Å²) in [6.07, 6.45) is 5.79. The molecule has 8 heteroatoms. The molecule has 7 nitrogen and oxygen atoms in total. The lowest BCUT2D eigenvalue weighted by molar-refractivity contribution is -0.119. The van der Waals surface area contributed by atoms with E-state index in [9.17, 15) is 9.59 Å². The molecular weight excluding hydrogens is 398 g/mol. The zero-order chi connectivity index (χ0) is 21.5. The Bertz CT molecular complexity index is 846. The third-order valence-electron chi connectivity index (χ3n) is 5.44. The number of carbonyl (C=O) groups is 2. The molecular formula is C22H31N5O2S. The van der Waals surface area contributed by atoms with Crippen LogP contribution in [0.4, 0.5) is 0 Å². The number of hydrogen-bond acceptors (Lipinski definition) is 5. The molecule has 0 radical (unpaired) electrons. The molecule has 162 valence electrons. The van der Waals surface area contributed by atoms with E-state index in [1.54, 1.807) is 12.1 Å². The fourth-order valence-corrected chi connectivity index (χ4v) is 4.44. The summed E-state index contributed by atoms with van der Waals surface area (Å²) in [4.78, 5) is 24.9. The molecule has 1 fully saturated rings. The minimum Gasteiger partial charge on any atom is -0.353 e. The lowest BCUT2D eigenvalue weighted by Gasteiger charge is -2.22. The number of benzene rings is 1. The normalized spacial score (nSPS) is 15.7. The van der Waals surface area contributed by atoms with E-state index < -0.39 is 0 Å². The Kier molecular flexibility index (Phi) is 7.90. The quantitative estimate of drug-likeness (QED) is 0.627. The Morgan fingerprint density at radius 1 is 1.13 bits per heavy atom. The summed E-state index contributed by atoms with van der Waals surface area (Å²) >= 11 is 1.37. The van der Waals surface area contributed by atoms with Crippen LogP contribution in [0.3, 0.4) is 0 Å². The zero-order valence-corrected chi connectivity index (χ0v) is 18.7. The summed E-state index contributed by atoms with van der Waals surface area (Å²) in [5.41, 5.74) is 0.610. The molecule has 1 heterocycles. The molecule has 2 N–H and O–H groups in total. The maximum Gasteiger partial charge on any atom is 0.251 e. The largest absolute Gasteiger partial charge is 0.353 e. The number of thioether (sulfide) groups is 1. The third kappa shape index (κ3) is 5.84. The first-order valence-corrected chi connectivity index (χ1v) is 11.6. The molecule has 0 bridgehead atoms. The maximum atomic E-state index is 12.6. The molecule has 1 atom stereocenters. The van der Waals surface area contributed by atoms with Gasteiger partial charge in [0.15, 0.2) is 11.0 Å². The molecule has 2 amide bonds. The number of hydrogen-bond donors (Lipinski definition) is 2. The highest BCUT2D eigenvalue weighted by Gasteiger charge is 2.25. The fourth-order valence-electron chi connectivity index (χ4n) is 3.71. The van der Waals surface area contributed by atoms with Crippen molar-refractivity contribution in [2.24, 2.45) is 13.0 Å². The van der Waals surface area contributed by atoms with E-state index in [1.807, 2.05) is 43.7 Å². The van der Waals surface area contributed by atoms with E-state index in [0.29, 0.717) is 28.3 Å². The van der Waals surface area contributed by atoms with E-state index in [-0.39, 0.29) is 23.8 Å². The molecule has 1 aromatic heterocycles. The van der Waals surface area contributed by atoms with Crippen LogP contribution in [-0.2, 0) is 11.8 Å². The lowest BCUT2D eigenvalue weighted by Crippen LogP contribution is -2.37. The summed E-state index contributed by atoms with van der Waals surface area (Å²) < 4.78 is 1.87. The molecule has 1 aromatic carbocycles. The highest BCUT2D eigenvalue weighted by Crippen LogP contribution is 2.24. The smallest absolute Gasteiger partial charge is 0.251 e. The van der Waals surface area contributed by atoms with E-state index in [1.165, 1.54) is 31.0 Å². The Morgan fingerprint density at radius 3 is 2.50 bits per heavy atom. The van der Waals surface area contributed by atoms with Crippen molar-refractivity contribution >= 4 is 23.6 Å². The van der Waals surface area contributed by atoms with Crippen molar-refractivity contribution < 1.29 is 9.59 Å². The van der Waals surface area contributed by atoms with Gasteiger partial charge in [0, 0.05) is 18.7 Å². The molecule has 1 saturated carbocycles. The Labute approximate surface area is 182 Å². The number of carbonyl (C=O) groups excluding carboxylic acids is 2. The van der Waals surface area contributed by atoms with Crippen LogP contribution in [0.5, 0.6) is 0 Å². The molecule has 0 spiro atoms. The van der Waals surface area contributed by atoms with Gasteiger partial charge in [-0.1, -0.05) is 63.1 Å². The summed E-state index contributed by atoms with van der Waals surface area (Å²) in [6, 6.07) is 9.17. The zero-order valence-electron chi connectivity index (χ0n) is 17.9. The number of nitrogens with zero attached hydrogens (tertiary/aromatic N) is 3. The Balaban J connectivity index is 1.61. The topological polar surface area (TPSA) is 88.9 Å². The van der Waals surface area contributed by atoms with Crippen molar-refractivity contribution in [3.8, 4) is 0 Å². The number of amides is 2. The van der Waals surface area contributed by atoms with Crippen LogP contribution in [-0.4, -0.2) is 38.4 Å². The van der Waals surface area contributed by atoms with Gasteiger partial charge in [-0.3, -0.25) is 9.59 Å². The van der Waals surface area contributed by atoms with Gasteiger partial charge in [0.25, 0.3) is 5.91 Å². The number of rotatable bonds is 8. The molecule has 1 aliphatic rings. The average Bonchev–Trinajstić information content (AvgIpc) is 3.11. The van der Waals surface area contributed by atoms with Crippen LogP contribution in [0.25, 0.3) is 0 Å². The minimum atomic E-state index is -0.277. The second kappa shape index (κ2) is 10.6. The van der Waals surface area contributed by atoms with Gasteiger partial charge in [0.2, 0.25) is 5.91 Å². The standard InChI is InChI=1S/C22H31N5O2S/c1-15(2)19(24-21(29)16-10-6-4-7-11-16)20-25-26-22(27(20)3)30-14-18(28)23-17-12-8-5-9-13-17/h4,6-7,10-11,15,17,19H,5,8-9,12-14H2,1-3H3,(H,23,28)(H,24,29)/t19-/m1/s1. The SMILES string of the molecule is CC(C)[C@@H](NC(=O)c1ccccc1)c1nnc(SCC(=O)NC2CCCCC2)n1C. The van der Waals surface area contributed by atoms with Crippen molar-refractivity contribution in [3.63, 3.8) is 0 Å². The van der Waals surface area contributed by atoms with Gasteiger partial charge in [-0.05, 0) is 30.9 Å². The van der Waals surface area contributed by atoms with Gasteiger partial charge in [-0.2, -0.15) is 0 Å². The van der Waals surface area contributed by atoms with E-state index >= 15 is 0 Å². The predicted molar refractivity (Wildman–Crippen MR) is 118 cm³/mol. The monoisotopic (exact) mass is 429 g/mol. The van der Waals surface area contributed by atoms with E-state index in [0.717, 1.165) is 12.8 Å². The molecule has 2 aromatic rings. The van der Waals surface area contributed by atoms with Crippen LogP contribution in [0.1, 0.15) is 68.2 Å². The highest BCUT2D eigenvalue weighted by atomic mass is 32.2. The average molecular weight is 430 g/mol. The van der Waals surface area contributed by atoms with Crippen molar-refractivity contribution in [3.05, 3.63) is 41.7 Å². The summed E-state index contributed by atoms with van der Waals surface area (Å²) in [5.74, 6) is 1.02. The van der Waals surface area contributed by atoms with E-state index in [2.05, 4.69) is 20.8 Å². The van der Waals surface area contributed by atoms with Gasteiger partial charge in [-0.25, -0.2) is 0 Å². The van der Waals surface area contributed by atoms with Crippen LogP contribution < -0.4 is 10.6 Å². The van der Waals surface area contributed by atoms with Crippen LogP contribution in [0, 0.1) is 5.92 Å². The number of nitrogens with one attached hydrogen (secondary N) is 2. The summed E-state index contributed by atoms with van der Waals surface area (Å²) in [5, 5.41) is 15.5. The first kappa shape index (κ1) is 22.3. The summed E-state index contributed by atoms with van der Waals surface area (Å²) in [7, 11) is 1.88. The Hall–Kier alpha value is -2.35. The van der Waals surface area contributed by atoms with Gasteiger partial charge in [0.1, 0.15) is 0 Å². The highest BCUT2D eigenvalue weighted by molar-refractivity contribution is 7.99. The molecule has 0 aliphatic heterocycles. The van der Waals surface area contributed by atoms with Crippen LogP contribution in [0.2, 0.25) is 0 Å². The molecule has 0 unspecified atom stereocenters. The fraction of sp³-hybridized carbons (Fsp3) is 0.545.